The van der Waals surface area contributed by atoms with E-state index in [1.54, 1.807) is 48.2 Å². The number of piperidine rings is 1. The van der Waals surface area contributed by atoms with Crippen molar-refractivity contribution in [3.8, 4) is 11.5 Å². The number of methoxy groups -OCH3 is 2. The van der Waals surface area contributed by atoms with Crippen molar-refractivity contribution < 1.29 is 31.6 Å². The van der Waals surface area contributed by atoms with E-state index in [4.69, 9.17) is 18.4 Å². The molecule has 234 valence electrons. The smallest absolute Gasteiger partial charge is 0.409 e. The van der Waals surface area contributed by atoms with Crippen LogP contribution in [0.2, 0.25) is 0 Å². The number of likely N-dealkylation sites (tertiary alicyclic amines) is 1. The maximum atomic E-state index is 13.8. The van der Waals surface area contributed by atoms with Gasteiger partial charge in [0, 0.05) is 55.2 Å². The second-order valence-corrected chi connectivity index (χ2v) is 12.6. The highest BCUT2D eigenvalue weighted by Gasteiger charge is 2.26. The van der Waals surface area contributed by atoms with E-state index in [2.05, 4.69) is 4.98 Å². The Hall–Kier alpha value is -3.84. The molecule has 2 aromatic carbocycles. The topological polar surface area (TPSA) is 130 Å². The van der Waals surface area contributed by atoms with Crippen molar-refractivity contribution in [2.45, 2.75) is 39.2 Å². The summed E-state index contributed by atoms with van der Waals surface area (Å²) in [7, 11) is -0.454. The summed E-state index contributed by atoms with van der Waals surface area (Å²) in [4.78, 5) is 34.4. The van der Waals surface area contributed by atoms with Crippen molar-refractivity contribution in [1.82, 2.24) is 14.5 Å². The molecule has 3 aromatic rings. The van der Waals surface area contributed by atoms with Crippen LogP contribution in [-0.2, 0) is 19.0 Å². The van der Waals surface area contributed by atoms with E-state index in [-0.39, 0.29) is 30.2 Å². The molecule has 1 saturated heterocycles. The molecule has 1 fully saturated rings. The molecule has 0 spiro atoms. The molecule has 0 saturated carbocycles. The maximum Gasteiger partial charge on any atom is 0.409 e. The molecular formula is C30H40N4O8S. The molecule has 0 radical (unpaired) electrons. The first-order valence-electron chi connectivity index (χ1n) is 14.3. The molecular weight excluding hydrogens is 576 g/mol. The summed E-state index contributed by atoms with van der Waals surface area (Å²) >= 11 is 0. The zero-order chi connectivity index (χ0) is 31.1. The van der Waals surface area contributed by atoms with Crippen LogP contribution in [0, 0.1) is 5.92 Å². The maximum absolute atomic E-state index is 13.8. The number of anilines is 2. The van der Waals surface area contributed by atoms with E-state index in [0.29, 0.717) is 73.6 Å². The first-order valence-corrected chi connectivity index (χ1v) is 16.1. The van der Waals surface area contributed by atoms with Crippen LogP contribution in [0.15, 0.2) is 47.5 Å². The Morgan fingerprint density at radius 2 is 1.72 bits per heavy atom. The number of hydrogen-bond acceptors (Lipinski definition) is 10. The average molecular weight is 617 g/mol. The minimum atomic E-state index is -3.58. The van der Waals surface area contributed by atoms with Gasteiger partial charge in [0.15, 0.2) is 0 Å². The van der Waals surface area contributed by atoms with Crippen LogP contribution in [0.25, 0.3) is 10.9 Å². The number of carbonyl (C=O) groups is 1. The van der Waals surface area contributed by atoms with Crippen LogP contribution < -0.4 is 19.9 Å². The molecule has 4 rings (SSSR count). The van der Waals surface area contributed by atoms with Gasteiger partial charge in [-0.15, -0.1) is 0 Å². The third kappa shape index (κ3) is 8.38. The van der Waals surface area contributed by atoms with Crippen molar-refractivity contribution in [2.75, 3.05) is 58.2 Å². The fraction of sp³-hybridized carbons (Fsp3) is 0.500. The Bertz CT molecular complexity index is 1560. The molecule has 1 amide bonds. The zero-order valence-corrected chi connectivity index (χ0v) is 26.1. The van der Waals surface area contributed by atoms with Gasteiger partial charge in [0.1, 0.15) is 11.5 Å². The van der Waals surface area contributed by atoms with Crippen molar-refractivity contribution in [3.05, 3.63) is 53.1 Å². The number of benzene rings is 2. The van der Waals surface area contributed by atoms with Gasteiger partial charge in [0.25, 0.3) is 15.7 Å². The molecule has 13 heteroatoms. The molecule has 2 heterocycles. The highest BCUT2D eigenvalue weighted by atomic mass is 32.2. The summed E-state index contributed by atoms with van der Waals surface area (Å²) in [5.74, 6) is 1.42. The molecule has 0 bridgehead atoms. The normalized spacial score (nSPS) is 14.2. The largest absolute Gasteiger partial charge is 0.497 e. The van der Waals surface area contributed by atoms with Crippen molar-refractivity contribution >= 4 is 38.5 Å². The van der Waals surface area contributed by atoms with Crippen molar-refractivity contribution in [2.24, 2.45) is 5.92 Å². The first kappa shape index (κ1) is 32.1. The monoisotopic (exact) mass is 616 g/mol. The quantitative estimate of drug-likeness (QED) is 0.214. The van der Waals surface area contributed by atoms with E-state index in [1.807, 2.05) is 36.9 Å². The van der Waals surface area contributed by atoms with Gasteiger partial charge in [-0.2, -0.15) is 8.42 Å². The van der Waals surface area contributed by atoms with Crippen LogP contribution in [0.4, 0.5) is 16.2 Å². The molecule has 12 nitrogen and oxygen atoms in total. The predicted octanol–water partition coefficient (Wildman–Crippen LogP) is 4.35. The number of amides is 1. The van der Waals surface area contributed by atoms with Gasteiger partial charge in [0.05, 0.1) is 50.9 Å². The number of nitrogens with zero attached hydrogens (tertiary/aromatic N) is 4. The van der Waals surface area contributed by atoms with Gasteiger partial charge in [-0.1, -0.05) is 13.8 Å². The van der Waals surface area contributed by atoms with Crippen LogP contribution in [0.1, 0.15) is 39.2 Å². The van der Waals surface area contributed by atoms with E-state index in [0.717, 1.165) is 11.9 Å². The van der Waals surface area contributed by atoms with Crippen LogP contribution in [0.3, 0.4) is 0 Å². The van der Waals surface area contributed by atoms with Crippen LogP contribution >= 0.6 is 0 Å². The molecule has 0 aliphatic carbocycles. The highest BCUT2D eigenvalue weighted by Crippen LogP contribution is 2.34. The van der Waals surface area contributed by atoms with Gasteiger partial charge in [-0.05, 0) is 43.4 Å². The first-order chi connectivity index (χ1) is 20.5. The van der Waals surface area contributed by atoms with Gasteiger partial charge < -0.3 is 24.0 Å². The van der Waals surface area contributed by atoms with E-state index in [1.165, 1.54) is 0 Å². The molecule has 0 N–H and O–H groups in total. The van der Waals surface area contributed by atoms with E-state index < -0.39 is 10.1 Å². The Morgan fingerprint density at radius 3 is 2.33 bits per heavy atom. The minimum Gasteiger partial charge on any atom is -0.497 e. The lowest BCUT2D eigenvalue weighted by molar-refractivity contribution is 0.0795. The number of hydrogen-bond donors (Lipinski definition) is 0. The summed E-state index contributed by atoms with van der Waals surface area (Å²) in [6.45, 7) is 5.73. The lowest BCUT2D eigenvalue weighted by Crippen LogP contribution is -2.41. The molecule has 1 aliphatic heterocycles. The lowest BCUT2D eigenvalue weighted by atomic mass is 10.0. The Morgan fingerprint density at radius 1 is 1.05 bits per heavy atom. The average Bonchev–Trinajstić information content (AvgIpc) is 2.99. The third-order valence-electron chi connectivity index (χ3n) is 7.21. The summed E-state index contributed by atoms with van der Waals surface area (Å²) in [6.07, 6.45) is 3.88. The van der Waals surface area contributed by atoms with Gasteiger partial charge in [-0.25, -0.2) is 9.78 Å². The summed E-state index contributed by atoms with van der Waals surface area (Å²) in [5, 5.41) is 0.450. The number of rotatable bonds is 12. The lowest BCUT2D eigenvalue weighted by Gasteiger charge is -2.32. The third-order valence-corrected chi connectivity index (χ3v) is 7.80. The summed E-state index contributed by atoms with van der Waals surface area (Å²) in [6, 6.07) is 10.8. The Balaban J connectivity index is 1.62. The van der Waals surface area contributed by atoms with Crippen LogP contribution in [0.5, 0.6) is 11.5 Å². The fourth-order valence-electron chi connectivity index (χ4n) is 5.00. The molecule has 1 aliphatic rings. The Kier molecular flexibility index (Phi) is 10.5. The van der Waals surface area contributed by atoms with Gasteiger partial charge >= 0.3 is 6.09 Å². The summed E-state index contributed by atoms with van der Waals surface area (Å²) in [5.41, 5.74) is 1.83. The van der Waals surface area contributed by atoms with Gasteiger partial charge in [-0.3, -0.25) is 13.5 Å². The number of fused-ring (bicyclic) bond motifs is 1. The zero-order valence-electron chi connectivity index (χ0n) is 25.3. The molecule has 43 heavy (non-hydrogen) atoms. The van der Waals surface area contributed by atoms with Crippen molar-refractivity contribution in [3.63, 3.8) is 0 Å². The molecule has 1 aromatic heterocycles. The minimum absolute atomic E-state index is 0.00207. The Labute approximate surface area is 252 Å². The van der Waals surface area contributed by atoms with E-state index in [9.17, 15) is 18.0 Å². The number of carbonyl (C=O) groups excluding carboxylic acids is 1. The highest BCUT2D eigenvalue weighted by molar-refractivity contribution is 7.85. The predicted molar refractivity (Wildman–Crippen MR) is 164 cm³/mol. The SMILES string of the molecule is COc1cc(OC)cc(N(CCCOS(C)(=O)=O)c2ccc3ncn(C4CCN(C(=O)OCC(C)C)CC4)c(=O)c3c2)c1. The van der Waals surface area contributed by atoms with Gasteiger partial charge in [0.2, 0.25) is 0 Å². The van der Waals surface area contributed by atoms with Crippen LogP contribution in [-0.4, -0.2) is 82.3 Å². The number of ether oxygens (including phenoxy) is 3. The standard InChI is InChI=1S/C30H40N4O8S/c1-21(2)19-41-30(36)32-12-9-22(10-13-32)34-20-31-28-8-7-23(17-27(28)29(34)35)33(11-6-14-42-43(5,37)38)24-15-25(39-3)18-26(16-24)40-4/h7-8,15-18,20-22H,6,9-14,19H2,1-5H3. The summed E-state index contributed by atoms with van der Waals surface area (Å²) < 4.78 is 45.9. The van der Waals surface area contributed by atoms with E-state index >= 15 is 0 Å². The second-order valence-electron chi connectivity index (χ2n) is 10.9. The molecule has 0 atom stereocenters. The van der Waals surface area contributed by atoms with Crippen molar-refractivity contribution in [1.29, 1.82) is 0 Å². The number of aromatic nitrogens is 2. The second kappa shape index (κ2) is 14.1. The molecule has 0 unspecified atom stereocenters. The fourth-order valence-corrected chi connectivity index (χ4v) is 5.42.